The zero-order valence-electron chi connectivity index (χ0n) is 8.06. The SMILES string of the molecule is CC(C)C1C2CCC1(C)CC2. The first-order valence-corrected chi connectivity index (χ1v) is 5.13. The van der Waals surface area contributed by atoms with E-state index in [4.69, 9.17) is 0 Å². The van der Waals surface area contributed by atoms with Crippen LogP contribution in [0, 0.1) is 23.2 Å². The number of rotatable bonds is 1. The molecule has 2 saturated carbocycles. The molecule has 1 atom stereocenters. The third-order valence-electron chi connectivity index (χ3n) is 4.20. The van der Waals surface area contributed by atoms with Crippen LogP contribution in [0.4, 0.5) is 0 Å². The minimum Gasteiger partial charge on any atom is -0.0625 e. The molecule has 2 bridgehead atoms. The third kappa shape index (κ3) is 0.947. The summed E-state index contributed by atoms with van der Waals surface area (Å²) in [4.78, 5) is 0. The van der Waals surface area contributed by atoms with Gasteiger partial charge in [-0.2, -0.15) is 0 Å². The zero-order chi connectivity index (χ0) is 8.06. The molecule has 0 N–H and O–H groups in total. The van der Waals surface area contributed by atoms with Crippen molar-refractivity contribution in [2.75, 3.05) is 0 Å². The first-order valence-electron chi connectivity index (χ1n) is 5.13. The van der Waals surface area contributed by atoms with Gasteiger partial charge in [-0.3, -0.25) is 0 Å². The molecule has 0 heteroatoms. The van der Waals surface area contributed by atoms with Crippen LogP contribution in [-0.4, -0.2) is 0 Å². The Kier molecular flexibility index (Phi) is 1.56. The summed E-state index contributed by atoms with van der Waals surface area (Å²) in [5.41, 5.74) is 0.749. The Morgan fingerprint density at radius 1 is 1.18 bits per heavy atom. The standard InChI is InChI=1S/C11H20/c1-8(2)10-9-4-6-11(10,3)7-5-9/h8-10H,4-7H2,1-3H3. The summed E-state index contributed by atoms with van der Waals surface area (Å²) in [6.45, 7) is 7.34. The van der Waals surface area contributed by atoms with Gasteiger partial charge in [-0.05, 0) is 48.9 Å². The lowest BCUT2D eigenvalue weighted by Crippen LogP contribution is -2.22. The summed E-state index contributed by atoms with van der Waals surface area (Å²) in [6.07, 6.45) is 6.08. The average Bonchev–Trinajstić information content (AvgIpc) is 2.39. The highest BCUT2D eigenvalue weighted by atomic mass is 14.6. The maximum atomic E-state index is 2.52. The Balaban J connectivity index is 2.21. The van der Waals surface area contributed by atoms with Gasteiger partial charge >= 0.3 is 0 Å². The quantitative estimate of drug-likeness (QED) is 0.539. The van der Waals surface area contributed by atoms with Gasteiger partial charge in [-0.25, -0.2) is 0 Å². The number of hydrogen-bond acceptors (Lipinski definition) is 0. The fourth-order valence-corrected chi connectivity index (χ4v) is 3.91. The van der Waals surface area contributed by atoms with Crippen molar-refractivity contribution in [2.45, 2.75) is 46.5 Å². The first kappa shape index (κ1) is 7.64. The van der Waals surface area contributed by atoms with Crippen LogP contribution in [0.25, 0.3) is 0 Å². The first-order chi connectivity index (χ1) is 5.13. The van der Waals surface area contributed by atoms with Crippen molar-refractivity contribution in [1.29, 1.82) is 0 Å². The van der Waals surface area contributed by atoms with Gasteiger partial charge < -0.3 is 0 Å². The lowest BCUT2D eigenvalue weighted by Gasteiger charge is -2.29. The van der Waals surface area contributed by atoms with E-state index in [1.165, 1.54) is 25.7 Å². The van der Waals surface area contributed by atoms with E-state index < -0.39 is 0 Å². The van der Waals surface area contributed by atoms with Crippen LogP contribution in [0.5, 0.6) is 0 Å². The maximum Gasteiger partial charge on any atom is -0.0292 e. The van der Waals surface area contributed by atoms with Crippen molar-refractivity contribution in [2.24, 2.45) is 23.2 Å². The summed E-state index contributed by atoms with van der Waals surface area (Å²) in [7, 11) is 0. The predicted octanol–water partition coefficient (Wildman–Crippen LogP) is 3.47. The van der Waals surface area contributed by atoms with E-state index in [-0.39, 0.29) is 0 Å². The van der Waals surface area contributed by atoms with Gasteiger partial charge in [-0.15, -0.1) is 0 Å². The second-order valence-electron chi connectivity index (χ2n) is 5.26. The van der Waals surface area contributed by atoms with Crippen molar-refractivity contribution in [3.05, 3.63) is 0 Å². The molecule has 0 saturated heterocycles. The molecular formula is C11H20. The van der Waals surface area contributed by atoms with Gasteiger partial charge in [0.1, 0.15) is 0 Å². The van der Waals surface area contributed by atoms with Gasteiger partial charge in [0.2, 0.25) is 0 Å². The highest BCUT2D eigenvalue weighted by Crippen LogP contribution is 2.60. The molecule has 2 aliphatic carbocycles. The molecule has 0 heterocycles. The van der Waals surface area contributed by atoms with Gasteiger partial charge in [0.25, 0.3) is 0 Å². The van der Waals surface area contributed by atoms with Crippen LogP contribution < -0.4 is 0 Å². The molecule has 2 aliphatic rings. The highest BCUT2D eigenvalue weighted by Gasteiger charge is 2.50. The summed E-state index contributed by atoms with van der Waals surface area (Å²) in [5, 5.41) is 0. The zero-order valence-corrected chi connectivity index (χ0v) is 8.06. The highest BCUT2D eigenvalue weighted by molar-refractivity contribution is 5.00. The van der Waals surface area contributed by atoms with Crippen LogP contribution in [-0.2, 0) is 0 Å². The van der Waals surface area contributed by atoms with Crippen LogP contribution >= 0.6 is 0 Å². The number of hydrogen-bond donors (Lipinski definition) is 0. The van der Waals surface area contributed by atoms with Crippen LogP contribution in [0.3, 0.4) is 0 Å². The largest absolute Gasteiger partial charge is 0.0625 e. The van der Waals surface area contributed by atoms with Gasteiger partial charge in [0.05, 0.1) is 0 Å². The van der Waals surface area contributed by atoms with Crippen molar-refractivity contribution in [3.8, 4) is 0 Å². The van der Waals surface area contributed by atoms with E-state index in [1.54, 1.807) is 0 Å². The summed E-state index contributed by atoms with van der Waals surface area (Å²) in [6, 6.07) is 0. The van der Waals surface area contributed by atoms with Crippen molar-refractivity contribution >= 4 is 0 Å². The van der Waals surface area contributed by atoms with Gasteiger partial charge in [0, 0.05) is 0 Å². The molecule has 1 unspecified atom stereocenters. The molecule has 0 radical (unpaired) electrons. The van der Waals surface area contributed by atoms with Gasteiger partial charge in [-0.1, -0.05) is 20.8 Å². The summed E-state index contributed by atoms with van der Waals surface area (Å²) < 4.78 is 0. The number of fused-ring (bicyclic) bond motifs is 2. The Hall–Kier alpha value is 0. The molecule has 2 rings (SSSR count). The van der Waals surface area contributed by atoms with Crippen LogP contribution in [0.15, 0.2) is 0 Å². The molecule has 2 fully saturated rings. The summed E-state index contributed by atoms with van der Waals surface area (Å²) in [5.74, 6) is 3.08. The second kappa shape index (κ2) is 2.24. The molecule has 0 aromatic heterocycles. The Morgan fingerprint density at radius 2 is 1.73 bits per heavy atom. The minimum atomic E-state index is 0.749. The normalized spacial score (nSPS) is 49.1. The monoisotopic (exact) mass is 152 g/mol. The molecule has 64 valence electrons. The third-order valence-corrected chi connectivity index (χ3v) is 4.20. The van der Waals surface area contributed by atoms with E-state index in [9.17, 15) is 0 Å². The van der Waals surface area contributed by atoms with E-state index >= 15 is 0 Å². The Labute approximate surface area is 70.4 Å². The topological polar surface area (TPSA) is 0 Å². The lowest BCUT2D eigenvalue weighted by molar-refractivity contribution is 0.195. The second-order valence-corrected chi connectivity index (χ2v) is 5.26. The average molecular weight is 152 g/mol. The fourth-order valence-electron chi connectivity index (χ4n) is 3.91. The Bertz CT molecular complexity index is 149. The molecule has 0 nitrogen and oxygen atoms in total. The molecular weight excluding hydrogens is 132 g/mol. The van der Waals surface area contributed by atoms with Gasteiger partial charge in [0.15, 0.2) is 0 Å². The molecule has 0 amide bonds. The predicted molar refractivity (Wildman–Crippen MR) is 48.4 cm³/mol. The van der Waals surface area contributed by atoms with Crippen LogP contribution in [0.1, 0.15) is 46.5 Å². The molecule has 0 aromatic carbocycles. The van der Waals surface area contributed by atoms with E-state index in [0.717, 1.165) is 23.2 Å². The smallest absolute Gasteiger partial charge is 0.0292 e. The summed E-state index contributed by atoms with van der Waals surface area (Å²) >= 11 is 0. The fraction of sp³-hybridized carbons (Fsp3) is 1.00. The van der Waals surface area contributed by atoms with E-state index in [2.05, 4.69) is 20.8 Å². The lowest BCUT2D eigenvalue weighted by atomic mass is 9.76. The van der Waals surface area contributed by atoms with Crippen molar-refractivity contribution in [3.63, 3.8) is 0 Å². The Morgan fingerprint density at radius 3 is 1.91 bits per heavy atom. The minimum absolute atomic E-state index is 0.749. The molecule has 0 aliphatic heterocycles. The van der Waals surface area contributed by atoms with E-state index in [1.807, 2.05) is 0 Å². The maximum absolute atomic E-state index is 2.52. The van der Waals surface area contributed by atoms with Crippen LogP contribution in [0.2, 0.25) is 0 Å². The van der Waals surface area contributed by atoms with Crippen molar-refractivity contribution in [1.82, 2.24) is 0 Å². The molecule has 11 heavy (non-hydrogen) atoms. The molecule has 0 aromatic rings. The van der Waals surface area contributed by atoms with Crippen molar-refractivity contribution < 1.29 is 0 Å². The van der Waals surface area contributed by atoms with E-state index in [0.29, 0.717) is 0 Å². The molecule has 0 spiro atoms.